The second-order valence-corrected chi connectivity index (χ2v) is 4.55. The molecule has 1 aromatic heterocycles. The van der Waals surface area contributed by atoms with Crippen molar-refractivity contribution in [3.63, 3.8) is 0 Å². The van der Waals surface area contributed by atoms with Crippen molar-refractivity contribution in [3.8, 4) is 0 Å². The van der Waals surface area contributed by atoms with E-state index in [-0.39, 0.29) is 6.61 Å². The first kappa shape index (κ1) is 12.5. The van der Waals surface area contributed by atoms with E-state index in [4.69, 9.17) is 16.7 Å². The van der Waals surface area contributed by atoms with Crippen molar-refractivity contribution in [2.24, 2.45) is 0 Å². The summed E-state index contributed by atoms with van der Waals surface area (Å²) < 4.78 is 0. The van der Waals surface area contributed by atoms with E-state index >= 15 is 0 Å². The van der Waals surface area contributed by atoms with E-state index in [1.54, 1.807) is 6.20 Å². The second-order valence-electron chi connectivity index (χ2n) is 4.14. The van der Waals surface area contributed by atoms with Crippen LogP contribution >= 0.6 is 11.6 Å². The fraction of sp³-hybridized carbons (Fsp3) is 0.636. The molecule has 0 atom stereocenters. The summed E-state index contributed by atoms with van der Waals surface area (Å²) in [4.78, 5) is 12.9. The molecule has 1 fully saturated rings. The van der Waals surface area contributed by atoms with Crippen LogP contribution in [0.25, 0.3) is 0 Å². The third-order valence-corrected chi connectivity index (χ3v) is 3.20. The van der Waals surface area contributed by atoms with Crippen LogP contribution in [0.1, 0.15) is 5.82 Å². The topological polar surface area (TPSA) is 52.5 Å². The molecule has 0 unspecified atom stereocenters. The van der Waals surface area contributed by atoms with Gasteiger partial charge in [0.1, 0.15) is 10.8 Å². The van der Waals surface area contributed by atoms with Gasteiger partial charge < -0.3 is 10.0 Å². The van der Waals surface area contributed by atoms with E-state index in [0.29, 0.717) is 5.02 Å². The van der Waals surface area contributed by atoms with Crippen LogP contribution in [-0.2, 0) is 0 Å². The smallest absolute Gasteiger partial charge is 0.151 e. The maximum Gasteiger partial charge on any atom is 0.151 e. The largest absolute Gasteiger partial charge is 0.395 e. The molecule has 1 saturated heterocycles. The Morgan fingerprint density at radius 1 is 1.35 bits per heavy atom. The van der Waals surface area contributed by atoms with Gasteiger partial charge in [0.25, 0.3) is 0 Å². The third kappa shape index (κ3) is 3.06. The normalized spacial score (nSPS) is 17.5. The molecule has 17 heavy (non-hydrogen) atoms. The van der Waals surface area contributed by atoms with Crippen LogP contribution in [0.3, 0.4) is 0 Å². The number of piperazine rings is 1. The zero-order valence-corrected chi connectivity index (χ0v) is 10.7. The SMILES string of the molecule is Cc1ncc(Cl)c(N2CCN(CCO)CC2)n1. The number of rotatable bonds is 3. The van der Waals surface area contributed by atoms with Crippen molar-refractivity contribution < 1.29 is 5.11 Å². The Bertz CT molecular complexity index is 380. The number of β-amino-alcohol motifs (C(OH)–C–C–N with tert-alkyl or cyclic N) is 1. The molecule has 6 heteroatoms. The van der Waals surface area contributed by atoms with Crippen molar-refractivity contribution in [2.45, 2.75) is 6.92 Å². The molecule has 1 aromatic rings. The average molecular weight is 257 g/mol. The van der Waals surface area contributed by atoms with Crippen LogP contribution in [0.15, 0.2) is 6.20 Å². The highest BCUT2D eigenvalue weighted by Crippen LogP contribution is 2.23. The number of aromatic nitrogens is 2. The minimum absolute atomic E-state index is 0.216. The van der Waals surface area contributed by atoms with Gasteiger partial charge in [-0.3, -0.25) is 4.90 Å². The van der Waals surface area contributed by atoms with E-state index in [2.05, 4.69) is 19.8 Å². The molecule has 94 valence electrons. The summed E-state index contributed by atoms with van der Waals surface area (Å²) in [6, 6.07) is 0. The summed E-state index contributed by atoms with van der Waals surface area (Å²) in [6.07, 6.45) is 1.65. The summed E-state index contributed by atoms with van der Waals surface area (Å²) in [5.74, 6) is 1.56. The molecule has 0 aliphatic carbocycles. The highest BCUT2D eigenvalue weighted by molar-refractivity contribution is 6.32. The molecule has 1 N–H and O–H groups in total. The number of hydrogen-bond acceptors (Lipinski definition) is 5. The number of nitrogens with zero attached hydrogens (tertiary/aromatic N) is 4. The van der Waals surface area contributed by atoms with Gasteiger partial charge in [0.2, 0.25) is 0 Å². The number of hydrogen-bond donors (Lipinski definition) is 1. The molecule has 0 radical (unpaired) electrons. The molecule has 0 bridgehead atoms. The first-order valence-electron chi connectivity index (χ1n) is 5.78. The maximum atomic E-state index is 8.88. The van der Waals surface area contributed by atoms with Crippen molar-refractivity contribution in [1.29, 1.82) is 0 Å². The van der Waals surface area contributed by atoms with Gasteiger partial charge >= 0.3 is 0 Å². The van der Waals surface area contributed by atoms with Gasteiger partial charge in [0.05, 0.1) is 12.8 Å². The standard InChI is InChI=1S/C11H17ClN4O/c1-9-13-8-10(12)11(14-9)16-4-2-15(3-5-16)6-7-17/h8,17H,2-7H2,1H3. The van der Waals surface area contributed by atoms with Crippen molar-refractivity contribution >= 4 is 17.4 Å². The van der Waals surface area contributed by atoms with Crippen LogP contribution < -0.4 is 4.90 Å². The molecule has 0 saturated carbocycles. The van der Waals surface area contributed by atoms with Gasteiger partial charge in [0, 0.05) is 32.7 Å². The highest BCUT2D eigenvalue weighted by atomic mass is 35.5. The number of aryl methyl sites for hydroxylation is 1. The highest BCUT2D eigenvalue weighted by Gasteiger charge is 2.19. The fourth-order valence-corrected chi connectivity index (χ4v) is 2.20. The molecule has 0 spiro atoms. The summed E-state index contributed by atoms with van der Waals surface area (Å²) in [6.45, 7) is 6.45. The second kappa shape index (κ2) is 5.62. The lowest BCUT2D eigenvalue weighted by Crippen LogP contribution is -2.47. The Balaban J connectivity index is 2.02. The molecule has 5 nitrogen and oxygen atoms in total. The van der Waals surface area contributed by atoms with Gasteiger partial charge in [-0.1, -0.05) is 11.6 Å². The number of aliphatic hydroxyl groups excluding tert-OH is 1. The van der Waals surface area contributed by atoms with E-state index < -0.39 is 0 Å². The van der Waals surface area contributed by atoms with Gasteiger partial charge in [0.15, 0.2) is 5.82 Å². The van der Waals surface area contributed by atoms with Gasteiger partial charge in [-0.25, -0.2) is 9.97 Å². The fourth-order valence-electron chi connectivity index (χ4n) is 1.99. The quantitative estimate of drug-likeness (QED) is 0.856. The Hall–Kier alpha value is -0.910. The molecule has 0 amide bonds. The first-order chi connectivity index (χ1) is 8.20. The molecule has 1 aliphatic rings. The predicted molar refractivity (Wildman–Crippen MR) is 67.5 cm³/mol. The molecule has 2 heterocycles. The summed E-state index contributed by atoms with van der Waals surface area (Å²) >= 11 is 6.11. The van der Waals surface area contributed by atoms with E-state index in [1.165, 1.54) is 0 Å². The van der Waals surface area contributed by atoms with Crippen LogP contribution in [0.4, 0.5) is 5.82 Å². The summed E-state index contributed by atoms with van der Waals surface area (Å²) in [7, 11) is 0. The predicted octanol–water partition coefficient (Wildman–Crippen LogP) is 0.553. The molecular weight excluding hydrogens is 240 g/mol. The maximum absolute atomic E-state index is 8.88. The van der Waals surface area contributed by atoms with Crippen molar-refractivity contribution in [2.75, 3.05) is 44.2 Å². The lowest BCUT2D eigenvalue weighted by molar-refractivity contribution is 0.188. The van der Waals surface area contributed by atoms with Crippen LogP contribution in [0.5, 0.6) is 0 Å². The minimum Gasteiger partial charge on any atom is -0.395 e. The molecule has 0 aromatic carbocycles. The number of anilines is 1. The Labute approximate surface area is 106 Å². The van der Waals surface area contributed by atoms with Gasteiger partial charge in [-0.15, -0.1) is 0 Å². The van der Waals surface area contributed by atoms with Gasteiger partial charge in [-0.2, -0.15) is 0 Å². The lowest BCUT2D eigenvalue weighted by Gasteiger charge is -2.35. The zero-order valence-electron chi connectivity index (χ0n) is 9.93. The van der Waals surface area contributed by atoms with Crippen LogP contribution in [-0.4, -0.2) is 59.3 Å². The Morgan fingerprint density at radius 3 is 2.71 bits per heavy atom. The van der Waals surface area contributed by atoms with Crippen molar-refractivity contribution in [3.05, 3.63) is 17.0 Å². The third-order valence-electron chi connectivity index (χ3n) is 2.93. The average Bonchev–Trinajstić information content (AvgIpc) is 2.34. The van der Waals surface area contributed by atoms with Crippen LogP contribution in [0, 0.1) is 6.92 Å². The van der Waals surface area contributed by atoms with Crippen LogP contribution in [0.2, 0.25) is 5.02 Å². The monoisotopic (exact) mass is 256 g/mol. The van der Waals surface area contributed by atoms with E-state index in [0.717, 1.165) is 44.4 Å². The Morgan fingerprint density at radius 2 is 2.06 bits per heavy atom. The van der Waals surface area contributed by atoms with E-state index in [9.17, 15) is 0 Å². The lowest BCUT2D eigenvalue weighted by atomic mass is 10.3. The zero-order chi connectivity index (χ0) is 12.3. The molecule has 2 rings (SSSR count). The Kier molecular flexibility index (Phi) is 4.15. The van der Waals surface area contributed by atoms with E-state index in [1.807, 2.05) is 6.92 Å². The summed E-state index contributed by atoms with van der Waals surface area (Å²) in [5, 5.41) is 9.49. The number of aliphatic hydroxyl groups is 1. The number of halogens is 1. The summed E-state index contributed by atoms with van der Waals surface area (Å²) in [5.41, 5.74) is 0. The molecular formula is C11H17ClN4O. The first-order valence-corrected chi connectivity index (χ1v) is 6.16. The molecule has 1 aliphatic heterocycles. The van der Waals surface area contributed by atoms with Gasteiger partial charge in [-0.05, 0) is 6.92 Å². The van der Waals surface area contributed by atoms with Crippen molar-refractivity contribution in [1.82, 2.24) is 14.9 Å². The minimum atomic E-state index is 0.216.